The molecule has 0 heterocycles. The summed E-state index contributed by atoms with van der Waals surface area (Å²) >= 11 is 5.52. The maximum absolute atomic E-state index is 12.7. The maximum atomic E-state index is 12.7. The van der Waals surface area contributed by atoms with Crippen LogP contribution in [0.25, 0.3) is 0 Å². The van der Waals surface area contributed by atoms with E-state index in [2.05, 4.69) is 28.6 Å². The number of hydrogen-bond donors (Lipinski definition) is 7. The fourth-order valence-corrected chi connectivity index (χ4v) is 3.17. The van der Waals surface area contributed by atoms with Crippen molar-refractivity contribution in [2.45, 2.75) is 57.3 Å². The zero-order chi connectivity index (χ0) is 24.1. The molecule has 0 aromatic heterocycles. The summed E-state index contributed by atoms with van der Waals surface area (Å²) < 4.78 is 0. The van der Waals surface area contributed by atoms with Gasteiger partial charge in [0.05, 0.1) is 6.04 Å². The van der Waals surface area contributed by atoms with E-state index < -0.39 is 66.2 Å². The molecule has 0 rings (SSSR count). The second-order valence-electron chi connectivity index (χ2n) is 7.19. The summed E-state index contributed by atoms with van der Waals surface area (Å²) in [4.78, 5) is 59.6. The molecular formula is C18H32N4O7S2. The highest BCUT2D eigenvalue weighted by Crippen LogP contribution is 2.05. The van der Waals surface area contributed by atoms with Crippen LogP contribution in [0.3, 0.4) is 0 Å². The molecule has 0 bridgehead atoms. The largest absolute Gasteiger partial charge is 0.481 e. The molecule has 0 aliphatic carbocycles. The van der Waals surface area contributed by atoms with Crippen molar-refractivity contribution in [2.75, 3.05) is 17.8 Å². The van der Waals surface area contributed by atoms with Crippen LogP contribution in [-0.4, -0.2) is 81.8 Å². The zero-order valence-corrected chi connectivity index (χ0v) is 19.5. The molecule has 0 fully saturated rings. The number of carboxylic acid groups (broad SMARTS) is 2. The Morgan fingerprint density at radius 3 is 1.94 bits per heavy atom. The molecule has 0 aliphatic heterocycles. The summed E-state index contributed by atoms with van der Waals surface area (Å²) in [6.45, 7) is 3.23. The fraction of sp³-hybridized carbons (Fsp3) is 0.722. The molecule has 13 heteroatoms. The van der Waals surface area contributed by atoms with Gasteiger partial charge in [0.2, 0.25) is 17.7 Å². The van der Waals surface area contributed by atoms with Gasteiger partial charge in [0.15, 0.2) is 0 Å². The molecule has 0 saturated heterocycles. The van der Waals surface area contributed by atoms with Crippen LogP contribution < -0.4 is 21.7 Å². The standard InChI is InChI=1S/C18H32N4O7S2/c1-9(2)14(18(28)29)22-17(27)12(8-30)21-16(26)11(4-5-13(23)24)20-15(25)10(19)6-7-31-3/h9-12,14,30H,4-8,19H2,1-3H3,(H,20,25)(H,21,26)(H,22,27)(H,23,24)(H,28,29). The third kappa shape index (κ3) is 11.3. The summed E-state index contributed by atoms with van der Waals surface area (Å²) in [6.07, 6.45) is 1.61. The Labute approximate surface area is 191 Å². The number of thioether (sulfide) groups is 1. The van der Waals surface area contributed by atoms with Crippen LogP contribution in [0.15, 0.2) is 0 Å². The highest BCUT2D eigenvalue weighted by atomic mass is 32.2. The smallest absolute Gasteiger partial charge is 0.326 e. The van der Waals surface area contributed by atoms with E-state index in [1.54, 1.807) is 13.8 Å². The fourth-order valence-electron chi connectivity index (χ4n) is 2.43. The number of aliphatic carboxylic acids is 2. The lowest BCUT2D eigenvalue weighted by molar-refractivity contribution is -0.143. The molecule has 0 aliphatic rings. The molecule has 178 valence electrons. The number of nitrogens with two attached hydrogens (primary N) is 1. The van der Waals surface area contributed by atoms with Crippen molar-refractivity contribution < 1.29 is 34.2 Å². The van der Waals surface area contributed by atoms with Crippen LogP contribution in [0.2, 0.25) is 0 Å². The highest BCUT2D eigenvalue weighted by Gasteiger charge is 2.30. The maximum Gasteiger partial charge on any atom is 0.326 e. The minimum atomic E-state index is -1.24. The van der Waals surface area contributed by atoms with Gasteiger partial charge in [0, 0.05) is 12.2 Å². The SMILES string of the molecule is CSCCC(N)C(=O)NC(CCC(=O)O)C(=O)NC(CS)C(=O)NC(C(=O)O)C(C)C. The Morgan fingerprint density at radius 2 is 1.48 bits per heavy atom. The Hall–Kier alpha value is -1.99. The van der Waals surface area contributed by atoms with E-state index in [1.807, 2.05) is 6.26 Å². The van der Waals surface area contributed by atoms with E-state index >= 15 is 0 Å². The van der Waals surface area contributed by atoms with E-state index in [0.29, 0.717) is 12.2 Å². The van der Waals surface area contributed by atoms with Gasteiger partial charge in [0.1, 0.15) is 18.1 Å². The summed E-state index contributed by atoms with van der Waals surface area (Å²) in [5, 5.41) is 25.3. The first-order valence-corrected chi connectivity index (χ1v) is 11.7. The van der Waals surface area contributed by atoms with Gasteiger partial charge in [-0.05, 0) is 30.8 Å². The number of amides is 3. The van der Waals surface area contributed by atoms with Crippen molar-refractivity contribution in [1.29, 1.82) is 0 Å². The van der Waals surface area contributed by atoms with Gasteiger partial charge >= 0.3 is 11.9 Å². The average Bonchev–Trinajstić information content (AvgIpc) is 2.69. The van der Waals surface area contributed by atoms with E-state index in [0.717, 1.165) is 0 Å². The van der Waals surface area contributed by atoms with Crippen molar-refractivity contribution in [1.82, 2.24) is 16.0 Å². The van der Waals surface area contributed by atoms with E-state index in [4.69, 9.17) is 10.8 Å². The normalized spacial score (nSPS) is 14.8. The van der Waals surface area contributed by atoms with Crippen LogP contribution in [0, 0.1) is 5.92 Å². The number of rotatable bonds is 15. The monoisotopic (exact) mass is 480 g/mol. The molecule has 3 amide bonds. The molecule has 0 spiro atoms. The molecule has 0 aromatic carbocycles. The van der Waals surface area contributed by atoms with Crippen LogP contribution in [0.5, 0.6) is 0 Å². The van der Waals surface area contributed by atoms with Crippen LogP contribution >= 0.6 is 24.4 Å². The molecular weight excluding hydrogens is 448 g/mol. The Kier molecular flexibility index (Phi) is 14.0. The van der Waals surface area contributed by atoms with Crippen molar-refractivity contribution >= 4 is 54.1 Å². The van der Waals surface area contributed by atoms with Crippen LogP contribution in [-0.2, 0) is 24.0 Å². The Bertz CT molecular complexity index is 648. The number of carbonyl (C=O) groups excluding carboxylic acids is 3. The first-order chi connectivity index (χ1) is 14.4. The van der Waals surface area contributed by atoms with Gasteiger partial charge in [-0.1, -0.05) is 13.8 Å². The molecule has 0 radical (unpaired) electrons. The predicted octanol–water partition coefficient (Wildman–Crippen LogP) is -0.944. The Balaban J connectivity index is 5.25. The third-order valence-corrected chi connectivity index (χ3v) is 5.30. The van der Waals surface area contributed by atoms with Gasteiger partial charge in [-0.25, -0.2) is 4.79 Å². The summed E-state index contributed by atoms with van der Waals surface area (Å²) in [5.41, 5.74) is 5.79. The van der Waals surface area contributed by atoms with E-state index in [-0.39, 0.29) is 12.2 Å². The number of carbonyl (C=O) groups is 5. The number of carboxylic acids is 2. The minimum absolute atomic E-state index is 0.144. The third-order valence-electron chi connectivity index (χ3n) is 4.30. The van der Waals surface area contributed by atoms with Crippen LogP contribution in [0.1, 0.15) is 33.1 Å². The average molecular weight is 481 g/mol. The lowest BCUT2D eigenvalue weighted by atomic mass is 10.0. The molecule has 0 aromatic rings. The van der Waals surface area contributed by atoms with Gasteiger partial charge < -0.3 is 31.9 Å². The molecule has 11 nitrogen and oxygen atoms in total. The van der Waals surface area contributed by atoms with Gasteiger partial charge in [-0.15, -0.1) is 0 Å². The molecule has 7 N–H and O–H groups in total. The number of nitrogens with one attached hydrogen (secondary N) is 3. The van der Waals surface area contributed by atoms with Crippen molar-refractivity contribution in [3.05, 3.63) is 0 Å². The second-order valence-corrected chi connectivity index (χ2v) is 8.54. The summed E-state index contributed by atoms with van der Waals surface area (Å²) in [7, 11) is 0. The van der Waals surface area contributed by atoms with Crippen LogP contribution in [0.4, 0.5) is 0 Å². The zero-order valence-electron chi connectivity index (χ0n) is 17.8. The summed E-state index contributed by atoms with van der Waals surface area (Å²) in [5.74, 6) is -4.47. The van der Waals surface area contributed by atoms with Gasteiger partial charge in [0.25, 0.3) is 0 Å². The topological polar surface area (TPSA) is 188 Å². The van der Waals surface area contributed by atoms with Crippen molar-refractivity contribution in [3.63, 3.8) is 0 Å². The molecule has 31 heavy (non-hydrogen) atoms. The van der Waals surface area contributed by atoms with Gasteiger partial charge in [-0.2, -0.15) is 24.4 Å². The summed E-state index contributed by atoms with van der Waals surface area (Å²) in [6, 6.07) is -4.46. The predicted molar refractivity (Wildman–Crippen MR) is 120 cm³/mol. The minimum Gasteiger partial charge on any atom is -0.481 e. The molecule has 4 atom stereocenters. The first-order valence-electron chi connectivity index (χ1n) is 9.65. The lowest BCUT2D eigenvalue weighted by Gasteiger charge is -2.25. The molecule has 4 unspecified atom stereocenters. The second kappa shape index (κ2) is 14.9. The number of hydrogen-bond acceptors (Lipinski definition) is 8. The highest BCUT2D eigenvalue weighted by molar-refractivity contribution is 7.98. The molecule has 0 saturated carbocycles. The first kappa shape index (κ1) is 29.0. The lowest BCUT2D eigenvalue weighted by Crippen LogP contribution is -2.58. The quantitative estimate of drug-likeness (QED) is 0.145. The van der Waals surface area contributed by atoms with E-state index in [1.165, 1.54) is 11.8 Å². The van der Waals surface area contributed by atoms with E-state index in [9.17, 15) is 29.1 Å². The Morgan fingerprint density at radius 1 is 0.935 bits per heavy atom. The van der Waals surface area contributed by atoms with Gasteiger partial charge in [-0.3, -0.25) is 19.2 Å². The van der Waals surface area contributed by atoms with Crippen molar-refractivity contribution in [3.8, 4) is 0 Å². The number of thiol groups is 1. The van der Waals surface area contributed by atoms with Crippen molar-refractivity contribution in [2.24, 2.45) is 11.7 Å².